The van der Waals surface area contributed by atoms with E-state index in [-0.39, 0.29) is 0 Å². The zero-order valence-corrected chi connectivity index (χ0v) is 16.5. The molecule has 1 aromatic heterocycles. The Bertz CT molecular complexity index is 1150. The number of nitrogens with zero attached hydrogens (tertiary/aromatic N) is 3. The van der Waals surface area contributed by atoms with Crippen LogP contribution in [0.4, 0.5) is 0 Å². The molecule has 0 saturated heterocycles. The van der Waals surface area contributed by atoms with E-state index in [0.717, 1.165) is 34.7 Å². The molecule has 29 heavy (non-hydrogen) atoms. The minimum Gasteiger partial charge on any atom is -0.508 e. The van der Waals surface area contributed by atoms with Crippen LogP contribution in [-0.4, -0.2) is 26.2 Å². The van der Waals surface area contributed by atoms with Crippen molar-refractivity contribution in [3.05, 3.63) is 77.1 Å². The van der Waals surface area contributed by atoms with Crippen LogP contribution in [0, 0.1) is 0 Å². The fourth-order valence-electron chi connectivity index (χ4n) is 3.65. The molecule has 1 fully saturated rings. The summed E-state index contributed by atoms with van der Waals surface area (Å²) in [5.74, 6) is 1.38. The second-order valence-corrected chi connectivity index (χ2v) is 7.86. The fraction of sp³-hybridized carbons (Fsp3) is 0.217. The maximum absolute atomic E-state index is 10.5. The molecular weight excluding hydrogens is 386 g/mol. The molecule has 0 unspecified atom stereocenters. The molecule has 1 heterocycles. The van der Waals surface area contributed by atoms with Gasteiger partial charge in [-0.3, -0.25) is 4.90 Å². The summed E-state index contributed by atoms with van der Waals surface area (Å²) in [6.07, 6.45) is 2.29. The predicted octanol–water partition coefficient (Wildman–Crippen LogP) is 5.41. The van der Waals surface area contributed by atoms with Crippen molar-refractivity contribution in [2.24, 2.45) is 0 Å². The first-order valence-corrected chi connectivity index (χ1v) is 10.1. The van der Waals surface area contributed by atoms with Gasteiger partial charge in [0.05, 0.1) is 6.54 Å². The summed E-state index contributed by atoms with van der Waals surface area (Å²) in [5, 5.41) is 21.8. The van der Waals surface area contributed by atoms with Gasteiger partial charge >= 0.3 is 0 Å². The largest absolute Gasteiger partial charge is 0.508 e. The van der Waals surface area contributed by atoms with Gasteiger partial charge < -0.3 is 9.52 Å². The zero-order chi connectivity index (χ0) is 19.8. The third-order valence-corrected chi connectivity index (χ3v) is 5.59. The lowest BCUT2D eigenvalue weighted by Gasteiger charge is -2.21. The Morgan fingerprint density at radius 2 is 1.76 bits per heavy atom. The van der Waals surface area contributed by atoms with E-state index in [1.165, 1.54) is 0 Å². The Morgan fingerprint density at radius 1 is 0.966 bits per heavy atom. The average molecular weight is 406 g/mol. The lowest BCUT2D eigenvalue weighted by atomic mass is 10.0. The van der Waals surface area contributed by atoms with Gasteiger partial charge in [0.2, 0.25) is 11.8 Å². The van der Waals surface area contributed by atoms with E-state index in [2.05, 4.69) is 27.2 Å². The number of hydrogen-bond donors (Lipinski definition) is 1. The summed E-state index contributed by atoms with van der Waals surface area (Å²) < 4.78 is 5.90. The van der Waals surface area contributed by atoms with Crippen LogP contribution in [0.15, 0.2) is 65.1 Å². The second-order valence-electron chi connectivity index (χ2n) is 7.43. The number of phenols is 1. The van der Waals surface area contributed by atoms with E-state index in [1.54, 1.807) is 18.2 Å². The van der Waals surface area contributed by atoms with E-state index >= 15 is 0 Å². The van der Waals surface area contributed by atoms with Crippen LogP contribution < -0.4 is 0 Å². The van der Waals surface area contributed by atoms with Gasteiger partial charge in [-0.05, 0) is 53.9 Å². The summed E-state index contributed by atoms with van der Waals surface area (Å²) in [7, 11) is 0. The van der Waals surface area contributed by atoms with E-state index in [9.17, 15) is 5.11 Å². The summed E-state index contributed by atoms with van der Waals surface area (Å²) in [4.78, 5) is 2.31. The van der Waals surface area contributed by atoms with Crippen molar-refractivity contribution in [3.63, 3.8) is 0 Å². The summed E-state index contributed by atoms with van der Waals surface area (Å²) >= 11 is 5.95. The van der Waals surface area contributed by atoms with Crippen LogP contribution in [0.5, 0.6) is 5.75 Å². The smallest absolute Gasteiger partial charge is 0.247 e. The molecular formula is C23H20ClN3O2. The van der Waals surface area contributed by atoms with Crippen LogP contribution in [0.25, 0.3) is 22.2 Å². The molecule has 1 N–H and O–H groups in total. The van der Waals surface area contributed by atoms with Gasteiger partial charge in [-0.15, -0.1) is 10.2 Å². The molecule has 0 atom stereocenters. The molecule has 146 valence electrons. The van der Waals surface area contributed by atoms with Crippen molar-refractivity contribution in [3.8, 4) is 17.2 Å². The number of fused-ring (bicyclic) bond motifs is 1. The molecule has 0 radical (unpaired) electrons. The van der Waals surface area contributed by atoms with Gasteiger partial charge in [-0.25, -0.2) is 0 Å². The number of aromatic hydroxyl groups is 1. The minimum absolute atomic E-state index is 0.321. The fourth-order valence-corrected chi connectivity index (χ4v) is 3.77. The molecule has 1 aliphatic rings. The maximum atomic E-state index is 10.5. The maximum Gasteiger partial charge on any atom is 0.247 e. The van der Waals surface area contributed by atoms with Crippen molar-refractivity contribution >= 4 is 22.4 Å². The Kier molecular flexibility index (Phi) is 4.70. The van der Waals surface area contributed by atoms with Crippen LogP contribution in [0.2, 0.25) is 5.02 Å². The van der Waals surface area contributed by atoms with Crippen LogP contribution in [0.3, 0.4) is 0 Å². The van der Waals surface area contributed by atoms with Crippen LogP contribution in [-0.2, 0) is 13.1 Å². The van der Waals surface area contributed by atoms with E-state index in [1.807, 2.05) is 30.3 Å². The lowest BCUT2D eigenvalue weighted by molar-refractivity contribution is 0.219. The number of phenolic OH excluding ortho intramolecular Hbond substituents is 1. The van der Waals surface area contributed by atoms with E-state index in [0.29, 0.717) is 41.7 Å². The molecule has 1 saturated carbocycles. The SMILES string of the molecule is Oc1ccc2ccccc2c1CN(Cc1nnc(-c2ccc(Cl)cc2)o1)C1CC1. The van der Waals surface area contributed by atoms with E-state index in [4.69, 9.17) is 16.0 Å². The first kappa shape index (κ1) is 18.2. The number of hydrogen-bond acceptors (Lipinski definition) is 5. The molecule has 0 amide bonds. The third kappa shape index (κ3) is 3.84. The summed E-state index contributed by atoms with van der Waals surface area (Å²) in [6, 6.07) is 19.7. The Labute approximate surface area is 173 Å². The standard InChI is InChI=1S/C23H20ClN3O2/c24-17-8-5-16(6-9-17)23-26-25-22(29-23)14-27(18-10-11-18)13-20-19-4-2-1-3-15(19)7-12-21(20)28/h1-9,12,18,28H,10-11,13-14H2. The van der Waals surface area contributed by atoms with Gasteiger partial charge in [0.25, 0.3) is 0 Å². The average Bonchev–Trinajstić information content (AvgIpc) is 3.49. The Morgan fingerprint density at radius 3 is 2.55 bits per heavy atom. The van der Waals surface area contributed by atoms with Crippen molar-refractivity contribution < 1.29 is 9.52 Å². The molecule has 6 heteroatoms. The first-order chi connectivity index (χ1) is 14.2. The molecule has 1 aliphatic carbocycles. The highest BCUT2D eigenvalue weighted by molar-refractivity contribution is 6.30. The van der Waals surface area contributed by atoms with Crippen molar-refractivity contribution in [1.82, 2.24) is 15.1 Å². The molecule has 4 aromatic rings. The quantitative estimate of drug-likeness (QED) is 0.464. The minimum atomic E-state index is 0.321. The number of aromatic nitrogens is 2. The third-order valence-electron chi connectivity index (χ3n) is 5.34. The molecule has 0 bridgehead atoms. The van der Waals surface area contributed by atoms with Crippen molar-refractivity contribution in [2.75, 3.05) is 0 Å². The highest BCUT2D eigenvalue weighted by Gasteiger charge is 2.31. The van der Waals surface area contributed by atoms with Gasteiger partial charge in [-0.1, -0.05) is 41.9 Å². The Balaban J connectivity index is 1.40. The molecule has 0 spiro atoms. The van der Waals surface area contributed by atoms with Crippen molar-refractivity contribution in [2.45, 2.75) is 32.0 Å². The molecule has 0 aliphatic heterocycles. The number of benzene rings is 3. The topological polar surface area (TPSA) is 62.4 Å². The summed E-state index contributed by atoms with van der Waals surface area (Å²) in [6.45, 7) is 1.18. The number of rotatable bonds is 6. The monoisotopic (exact) mass is 405 g/mol. The Hall–Kier alpha value is -2.89. The van der Waals surface area contributed by atoms with Gasteiger partial charge in [-0.2, -0.15) is 0 Å². The van der Waals surface area contributed by atoms with Crippen LogP contribution >= 0.6 is 11.6 Å². The van der Waals surface area contributed by atoms with Gasteiger partial charge in [0.1, 0.15) is 5.75 Å². The highest BCUT2D eigenvalue weighted by Crippen LogP contribution is 2.34. The number of halogens is 1. The normalized spacial score (nSPS) is 14.0. The molecule has 5 rings (SSSR count). The van der Waals surface area contributed by atoms with Crippen molar-refractivity contribution in [1.29, 1.82) is 0 Å². The molecule has 3 aromatic carbocycles. The highest BCUT2D eigenvalue weighted by atomic mass is 35.5. The second kappa shape index (κ2) is 7.50. The van der Waals surface area contributed by atoms with Gasteiger partial charge in [0.15, 0.2) is 0 Å². The predicted molar refractivity (Wildman–Crippen MR) is 113 cm³/mol. The molecule has 5 nitrogen and oxygen atoms in total. The summed E-state index contributed by atoms with van der Waals surface area (Å²) in [5.41, 5.74) is 1.78. The lowest BCUT2D eigenvalue weighted by Crippen LogP contribution is -2.25. The van der Waals surface area contributed by atoms with E-state index < -0.39 is 0 Å². The zero-order valence-electron chi connectivity index (χ0n) is 15.8. The van der Waals surface area contributed by atoms with Crippen LogP contribution in [0.1, 0.15) is 24.3 Å². The van der Waals surface area contributed by atoms with Gasteiger partial charge in [0, 0.05) is 28.7 Å². The first-order valence-electron chi connectivity index (χ1n) is 9.69.